The van der Waals surface area contributed by atoms with E-state index >= 15 is 0 Å². The minimum absolute atomic E-state index is 0.0545. The highest BCUT2D eigenvalue weighted by molar-refractivity contribution is 5.33. The van der Waals surface area contributed by atoms with Crippen molar-refractivity contribution in [1.29, 1.82) is 0 Å². The van der Waals surface area contributed by atoms with E-state index in [1.54, 1.807) is 13.8 Å². The van der Waals surface area contributed by atoms with Gasteiger partial charge in [0.1, 0.15) is 0 Å². The number of hydrogen-bond acceptors (Lipinski definition) is 2. The number of allylic oxidation sites excluding steroid dienone is 3. The summed E-state index contributed by atoms with van der Waals surface area (Å²) in [6.07, 6.45) is 2.30. The van der Waals surface area contributed by atoms with E-state index in [0.717, 1.165) is 0 Å². The van der Waals surface area contributed by atoms with Crippen LogP contribution in [0.15, 0.2) is 48.3 Å². The van der Waals surface area contributed by atoms with Gasteiger partial charge in [-0.1, -0.05) is 39.5 Å². The molecule has 0 N–H and O–H groups in total. The Kier molecular flexibility index (Phi) is 9.99. The summed E-state index contributed by atoms with van der Waals surface area (Å²) in [4.78, 5) is 0. The molecule has 0 fully saturated rings. The van der Waals surface area contributed by atoms with Crippen molar-refractivity contribution in [2.24, 2.45) is 11.8 Å². The minimum atomic E-state index is -1.13. The number of halogens is 4. The third kappa shape index (κ3) is 6.94. The van der Waals surface area contributed by atoms with Gasteiger partial charge in [0.25, 0.3) is 0 Å². The fourth-order valence-electron chi connectivity index (χ4n) is 2.89. The van der Waals surface area contributed by atoms with Crippen LogP contribution < -0.4 is 4.74 Å². The lowest BCUT2D eigenvalue weighted by atomic mass is 9.89. The Morgan fingerprint density at radius 2 is 1.66 bits per heavy atom. The average Bonchev–Trinajstić information content (AvgIpc) is 2.71. The summed E-state index contributed by atoms with van der Waals surface area (Å²) in [5, 5.41) is 0. The van der Waals surface area contributed by atoms with E-state index < -0.39 is 23.3 Å². The first-order chi connectivity index (χ1) is 13.6. The summed E-state index contributed by atoms with van der Waals surface area (Å²) >= 11 is 0. The molecule has 0 spiro atoms. The topological polar surface area (TPSA) is 18.5 Å². The SMILES string of the molecule is C=C(OCC)/C(F)=C(/F)C(=C)C(C)CCC(C)CCc1ccc(OC)c(F)c1F. The molecule has 0 aliphatic heterocycles. The largest absolute Gasteiger partial charge is 0.494 e. The summed E-state index contributed by atoms with van der Waals surface area (Å²) in [7, 11) is 1.28. The Balaban J connectivity index is 2.59. The summed E-state index contributed by atoms with van der Waals surface area (Å²) < 4.78 is 65.7. The Bertz CT molecular complexity index is 755. The first-order valence-electron chi connectivity index (χ1n) is 9.71. The van der Waals surface area contributed by atoms with Gasteiger partial charge in [-0.05, 0) is 55.2 Å². The Morgan fingerprint density at radius 1 is 1.00 bits per heavy atom. The van der Waals surface area contributed by atoms with Crippen molar-refractivity contribution < 1.29 is 27.0 Å². The predicted molar refractivity (Wildman–Crippen MR) is 108 cm³/mol. The highest BCUT2D eigenvalue weighted by Crippen LogP contribution is 2.31. The molecule has 1 aromatic rings. The molecule has 1 aromatic carbocycles. The van der Waals surface area contributed by atoms with Crippen LogP contribution in [0, 0.1) is 23.5 Å². The van der Waals surface area contributed by atoms with Crippen LogP contribution in [-0.4, -0.2) is 13.7 Å². The minimum Gasteiger partial charge on any atom is -0.494 e. The van der Waals surface area contributed by atoms with Crippen molar-refractivity contribution in [3.8, 4) is 5.75 Å². The van der Waals surface area contributed by atoms with Crippen LogP contribution in [0.2, 0.25) is 0 Å². The molecule has 0 aliphatic rings. The fourth-order valence-corrected chi connectivity index (χ4v) is 2.89. The first-order valence-corrected chi connectivity index (χ1v) is 9.71. The maximum atomic E-state index is 14.2. The molecule has 1 rings (SSSR count). The van der Waals surface area contributed by atoms with E-state index in [1.807, 2.05) is 6.92 Å². The van der Waals surface area contributed by atoms with Gasteiger partial charge in [0, 0.05) is 0 Å². The van der Waals surface area contributed by atoms with Crippen LogP contribution in [0.1, 0.15) is 45.6 Å². The number of methoxy groups -OCH3 is 1. The molecule has 0 aromatic heterocycles. The molecule has 0 bridgehead atoms. The normalized spacial score (nSPS) is 14.1. The van der Waals surface area contributed by atoms with Gasteiger partial charge in [-0.15, -0.1) is 0 Å². The van der Waals surface area contributed by atoms with Crippen molar-refractivity contribution in [3.63, 3.8) is 0 Å². The van der Waals surface area contributed by atoms with Gasteiger partial charge in [0.2, 0.25) is 5.82 Å². The molecule has 0 amide bonds. The summed E-state index contributed by atoms with van der Waals surface area (Å²) in [5.41, 5.74) is 0.344. The molecule has 2 unspecified atom stereocenters. The van der Waals surface area contributed by atoms with Crippen molar-refractivity contribution in [1.82, 2.24) is 0 Å². The second kappa shape index (κ2) is 11.7. The number of hydrogen-bond donors (Lipinski definition) is 0. The summed E-state index contributed by atoms with van der Waals surface area (Å²) in [6.45, 7) is 12.6. The number of aryl methyl sites for hydroxylation is 1. The van der Waals surface area contributed by atoms with E-state index in [4.69, 9.17) is 9.47 Å². The monoisotopic (exact) mass is 414 g/mol. The van der Waals surface area contributed by atoms with E-state index in [9.17, 15) is 17.6 Å². The maximum Gasteiger partial charge on any atom is 0.200 e. The molecule has 2 atom stereocenters. The van der Waals surface area contributed by atoms with Crippen molar-refractivity contribution in [2.45, 2.75) is 46.5 Å². The molecule has 2 nitrogen and oxygen atoms in total. The molecular formula is C23H30F4O2. The fraction of sp³-hybridized carbons (Fsp3) is 0.478. The first kappa shape index (κ1) is 24.8. The predicted octanol–water partition coefficient (Wildman–Crippen LogP) is 7.22. The highest BCUT2D eigenvalue weighted by atomic mass is 19.2. The summed E-state index contributed by atoms with van der Waals surface area (Å²) in [6, 6.07) is 2.92. The molecule has 6 heteroatoms. The van der Waals surface area contributed by atoms with Crippen molar-refractivity contribution in [2.75, 3.05) is 13.7 Å². The van der Waals surface area contributed by atoms with E-state index in [0.29, 0.717) is 25.7 Å². The van der Waals surface area contributed by atoms with Crippen LogP contribution in [0.5, 0.6) is 5.75 Å². The van der Waals surface area contributed by atoms with Crippen LogP contribution in [0.25, 0.3) is 0 Å². The molecule has 0 heterocycles. The zero-order valence-electron chi connectivity index (χ0n) is 17.6. The van der Waals surface area contributed by atoms with E-state index in [2.05, 4.69) is 13.2 Å². The number of ether oxygens (including phenoxy) is 2. The standard InChI is InChI=1S/C23H30F4O2/c1-7-29-17(5)21(25)20(24)16(4)15(3)10-8-14(2)9-11-18-12-13-19(28-6)23(27)22(18)26/h12-15H,4-5,7-11H2,1-3,6H3/b21-20-. The van der Waals surface area contributed by atoms with Crippen molar-refractivity contribution in [3.05, 3.63) is 65.5 Å². The van der Waals surface area contributed by atoms with Gasteiger partial charge in [-0.25, -0.2) is 8.78 Å². The molecule has 162 valence electrons. The van der Waals surface area contributed by atoms with Crippen LogP contribution >= 0.6 is 0 Å². The molecule has 0 aliphatic carbocycles. The maximum absolute atomic E-state index is 14.2. The zero-order chi connectivity index (χ0) is 22.1. The van der Waals surface area contributed by atoms with Crippen LogP contribution in [-0.2, 0) is 11.2 Å². The van der Waals surface area contributed by atoms with Gasteiger partial charge in [-0.3, -0.25) is 0 Å². The van der Waals surface area contributed by atoms with E-state index in [1.165, 1.54) is 19.2 Å². The molecule has 29 heavy (non-hydrogen) atoms. The second-order valence-electron chi connectivity index (χ2n) is 7.19. The lowest BCUT2D eigenvalue weighted by molar-refractivity contribution is 0.223. The lowest BCUT2D eigenvalue weighted by Gasteiger charge is -2.18. The Morgan fingerprint density at radius 3 is 2.24 bits per heavy atom. The average molecular weight is 414 g/mol. The zero-order valence-corrected chi connectivity index (χ0v) is 17.6. The van der Waals surface area contributed by atoms with Crippen LogP contribution in [0.4, 0.5) is 17.6 Å². The van der Waals surface area contributed by atoms with Gasteiger partial charge in [-0.2, -0.15) is 8.78 Å². The van der Waals surface area contributed by atoms with Gasteiger partial charge in [0.05, 0.1) is 13.7 Å². The molecule has 0 radical (unpaired) electrons. The third-order valence-electron chi connectivity index (χ3n) is 4.98. The lowest BCUT2D eigenvalue weighted by Crippen LogP contribution is -2.06. The second-order valence-corrected chi connectivity index (χ2v) is 7.19. The van der Waals surface area contributed by atoms with Crippen molar-refractivity contribution >= 4 is 0 Å². The van der Waals surface area contributed by atoms with Gasteiger partial charge < -0.3 is 9.47 Å². The van der Waals surface area contributed by atoms with Gasteiger partial charge in [0.15, 0.2) is 29.0 Å². The van der Waals surface area contributed by atoms with Crippen LogP contribution in [0.3, 0.4) is 0 Å². The van der Waals surface area contributed by atoms with E-state index in [-0.39, 0.29) is 41.1 Å². The number of rotatable bonds is 12. The smallest absolute Gasteiger partial charge is 0.200 e. The highest BCUT2D eigenvalue weighted by Gasteiger charge is 2.20. The Labute approximate surface area is 170 Å². The molecule has 0 saturated carbocycles. The van der Waals surface area contributed by atoms with Gasteiger partial charge >= 0.3 is 0 Å². The Hall–Kier alpha value is -2.24. The third-order valence-corrected chi connectivity index (χ3v) is 4.98. The number of benzene rings is 1. The quantitative estimate of drug-likeness (QED) is 0.204. The molecule has 0 saturated heterocycles. The molecular weight excluding hydrogens is 384 g/mol. The summed E-state index contributed by atoms with van der Waals surface area (Å²) in [5.74, 6) is -4.62.